The number of nitrogens with one attached hydrogen (secondary N) is 2. The zero-order valence-corrected chi connectivity index (χ0v) is 15.6. The Hall–Kier alpha value is -1.97. The third-order valence-corrected chi connectivity index (χ3v) is 6.48. The number of nitrogens with zero attached hydrogens (tertiary/aromatic N) is 2. The van der Waals surface area contributed by atoms with Crippen LogP contribution in [0.15, 0.2) is 29.2 Å². The molecular formula is C17H24N4O4S. The molecule has 0 spiro atoms. The molecule has 2 fully saturated rings. The molecule has 142 valence electrons. The van der Waals surface area contributed by atoms with Crippen molar-refractivity contribution >= 4 is 21.8 Å². The van der Waals surface area contributed by atoms with Crippen LogP contribution in [0.1, 0.15) is 23.2 Å². The van der Waals surface area contributed by atoms with Crippen LogP contribution in [0.25, 0.3) is 0 Å². The van der Waals surface area contributed by atoms with E-state index in [0.29, 0.717) is 31.7 Å². The van der Waals surface area contributed by atoms with E-state index in [1.807, 2.05) is 7.05 Å². The molecule has 0 atom stereocenters. The summed E-state index contributed by atoms with van der Waals surface area (Å²) in [4.78, 5) is 25.9. The van der Waals surface area contributed by atoms with Crippen LogP contribution in [0, 0.1) is 0 Å². The number of rotatable bonds is 6. The molecule has 1 saturated carbocycles. The van der Waals surface area contributed by atoms with Gasteiger partial charge < -0.3 is 15.5 Å². The van der Waals surface area contributed by atoms with Crippen molar-refractivity contribution in [1.29, 1.82) is 0 Å². The van der Waals surface area contributed by atoms with E-state index in [2.05, 4.69) is 15.5 Å². The number of likely N-dealkylation sites (N-methyl/N-ethyl adjacent to an activating group) is 1. The first-order chi connectivity index (χ1) is 12.4. The van der Waals surface area contributed by atoms with E-state index < -0.39 is 15.9 Å². The minimum absolute atomic E-state index is 0.0866. The number of carbonyl (C=O) groups is 2. The van der Waals surface area contributed by atoms with Crippen LogP contribution in [0.3, 0.4) is 0 Å². The molecule has 1 aromatic carbocycles. The van der Waals surface area contributed by atoms with Gasteiger partial charge >= 0.3 is 0 Å². The van der Waals surface area contributed by atoms with Crippen LogP contribution in [0.4, 0.5) is 0 Å². The van der Waals surface area contributed by atoms with Gasteiger partial charge in [-0.1, -0.05) is 0 Å². The average molecular weight is 380 g/mol. The summed E-state index contributed by atoms with van der Waals surface area (Å²) in [7, 11) is -1.59. The van der Waals surface area contributed by atoms with Gasteiger partial charge in [-0.05, 0) is 44.2 Å². The normalized spacial score (nSPS) is 19.1. The molecule has 3 rings (SSSR count). The van der Waals surface area contributed by atoms with Gasteiger partial charge in [-0.25, -0.2) is 8.42 Å². The third-order valence-electron chi connectivity index (χ3n) is 4.57. The highest BCUT2D eigenvalue weighted by molar-refractivity contribution is 7.89. The number of sulfonamides is 1. The molecule has 0 aromatic heterocycles. The molecule has 2 aliphatic rings. The Kier molecular flexibility index (Phi) is 5.59. The van der Waals surface area contributed by atoms with E-state index in [4.69, 9.17) is 0 Å². The number of piperazine rings is 1. The molecule has 1 aliphatic heterocycles. The molecule has 0 bridgehead atoms. The standard InChI is InChI=1S/C17H24N4O4S/c1-20-8-10-21(11-9-20)26(24,25)15-6-2-13(3-7-15)17(23)18-12-16(22)19-14-4-5-14/h2-3,6-7,14H,4-5,8-12H2,1H3,(H,18,23)(H,19,22). The lowest BCUT2D eigenvalue weighted by atomic mass is 10.2. The second-order valence-corrected chi connectivity index (χ2v) is 8.69. The maximum Gasteiger partial charge on any atom is 0.251 e. The summed E-state index contributed by atoms with van der Waals surface area (Å²) in [6.45, 7) is 2.22. The number of amides is 2. The van der Waals surface area contributed by atoms with E-state index in [0.717, 1.165) is 12.8 Å². The summed E-state index contributed by atoms with van der Waals surface area (Å²) < 4.78 is 26.8. The maximum atomic E-state index is 12.7. The minimum atomic E-state index is -3.55. The first-order valence-corrected chi connectivity index (χ1v) is 10.2. The third kappa shape index (κ3) is 4.60. The summed E-state index contributed by atoms with van der Waals surface area (Å²) in [6, 6.07) is 6.06. The van der Waals surface area contributed by atoms with Crippen molar-refractivity contribution in [2.24, 2.45) is 0 Å². The maximum absolute atomic E-state index is 12.7. The lowest BCUT2D eigenvalue weighted by molar-refractivity contribution is -0.120. The van der Waals surface area contributed by atoms with Crippen molar-refractivity contribution in [1.82, 2.24) is 19.8 Å². The summed E-state index contributed by atoms with van der Waals surface area (Å²) in [5.74, 6) is -0.616. The molecule has 0 unspecified atom stereocenters. The van der Waals surface area contributed by atoms with Crippen molar-refractivity contribution in [3.63, 3.8) is 0 Å². The Morgan fingerprint density at radius 3 is 2.27 bits per heavy atom. The van der Waals surface area contributed by atoms with Gasteiger partial charge in [0.05, 0.1) is 11.4 Å². The highest BCUT2D eigenvalue weighted by Gasteiger charge is 2.27. The van der Waals surface area contributed by atoms with Crippen LogP contribution in [-0.2, 0) is 14.8 Å². The van der Waals surface area contributed by atoms with Crippen molar-refractivity contribution in [2.75, 3.05) is 39.8 Å². The fourth-order valence-electron chi connectivity index (χ4n) is 2.72. The second kappa shape index (κ2) is 7.73. The largest absolute Gasteiger partial charge is 0.352 e. The molecule has 1 saturated heterocycles. The number of benzene rings is 1. The first-order valence-electron chi connectivity index (χ1n) is 8.72. The molecule has 0 radical (unpaired) electrons. The Morgan fingerprint density at radius 1 is 1.08 bits per heavy atom. The van der Waals surface area contributed by atoms with Gasteiger partial charge in [0, 0.05) is 37.8 Å². The molecule has 26 heavy (non-hydrogen) atoms. The summed E-state index contributed by atoms with van der Waals surface area (Å²) in [6.07, 6.45) is 1.98. The predicted octanol–water partition coefficient (Wildman–Crippen LogP) is -0.369. The SMILES string of the molecule is CN1CCN(S(=O)(=O)c2ccc(C(=O)NCC(=O)NC3CC3)cc2)CC1. The zero-order chi connectivity index (χ0) is 18.7. The quantitative estimate of drug-likeness (QED) is 0.702. The Morgan fingerprint density at radius 2 is 1.69 bits per heavy atom. The molecule has 8 nitrogen and oxygen atoms in total. The first kappa shape index (κ1) is 18.8. The highest BCUT2D eigenvalue weighted by atomic mass is 32.2. The predicted molar refractivity (Wildman–Crippen MR) is 96.2 cm³/mol. The smallest absolute Gasteiger partial charge is 0.251 e. The number of hydrogen-bond donors (Lipinski definition) is 2. The fourth-order valence-corrected chi connectivity index (χ4v) is 4.15. The van der Waals surface area contributed by atoms with Crippen LogP contribution >= 0.6 is 0 Å². The van der Waals surface area contributed by atoms with Crippen molar-refractivity contribution in [3.8, 4) is 0 Å². The molecule has 1 heterocycles. The summed E-state index contributed by atoms with van der Waals surface area (Å²) in [5.41, 5.74) is 0.321. The van der Waals surface area contributed by atoms with Gasteiger partial charge in [-0.15, -0.1) is 0 Å². The average Bonchev–Trinajstić information content (AvgIpc) is 3.44. The van der Waals surface area contributed by atoms with E-state index in [1.54, 1.807) is 0 Å². The Bertz CT molecular complexity index is 766. The van der Waals surface area contributed by atoms with Crippen molar-refractivity contribution in [3.05, 3.63) is 29.8 Å². The van der Waals surface area contributed by atoms with Crippen LogP contribution in [-0.4, -0.2) is 75.3 Å². The number of hydrogen-bond acceptors (Lipinski definition) is 5. The molecule has 2 amide bonds. The van der Waals surface area contributed by atoms with Crippen LogP contribution in [0.5, 0.6) is 0 Å². The molecule has 1 aromatic rings. The lowest BCUT2D eigenvalue weighted by Gasteiger charge is -2.31. The van der Waals surface area contributed by atoms with Gasteiger partial charge in [0.15, 0.2) is 0 Å². The van der Waals surface area contributed by atoms with Crippen LogP contribution < -0.4 is 10.6 Å². The van der Waals surface area contributed by atoms with E-state index in [-0.39, 0.29) is 23.4 Å². The van der Waals surface area contributed by atoms with Crippen molar-refractivity contribution < 1.29 is 18.0 Å². The van der Waals surface area contributed by atoms with Gasteiger partial charge in [0.2, 0.25) is 15.9 Å². The second-order valence-electron chi connectivity index (χ2n) is 6.76. The van der Waals surface area contributed by atoms with Crippen LogP contribution in [0.2, 0.25) is 0 Å². The van der Waals surface area contributed by atoms with Gasteiger partial charge in [0.1, 0.15) is 0 Å². The molecule has 9 heteroatoms. The number of carbonyl (C=O) groups excluding carboxylic acids is 2. The topological polar surface area (TPSA) is 98.8 Å². The van der Waals surface area contributed by atoms with Crippen molar-refractivity contribution in [2.45, 2.75) is 23.8 Å². The van der Waals surface area contributed by atoms with E-state index in [9.17, 15) is 18.0 Å². The lowest BCUT2D eigenvalue weighted by Crippen LogP contribution is -2.47. The van der Waals surface area contributed by atoms with E-state index in [1.165, 1.54) is 28.6 Å². The highest BCUT2D eigenvalue weighted by Crippen LogP contribution is 2.19. The van der Waals surface area contributed by atoms with Gasteiger partial charge in [-0.2, -0.15) is 4.31 Å². The monoisotopic (exact) mass is 380 g/mol. The fraction of sp³-hybridized carbons (Fsp3) is 0.529. The summed E-state index contributed by atoms with van der Waals surface area (Å²) >= 11 is 0. The van der Waals surface area contributed by atoms with Gasteiger partial charge in [-0.3, -0.25) is 9.59 Å². The molecular weight excluding hydrogens is 356 g/mol. The van der Waals surface area contributed by atoms with E-state index >= 15 is 0 Å². The Balaban J connectivity index is 1.58. The van der Waals surface area contributed by atoms with Gasteiger partial charge in [0.25, 0.3) is 5.91 Å². The Labute approximate surface area is 153 Å². The molecule has 1 aliphatic carbocycles. The molecule has 2 N–H and O–H groups in total. The minimum Gasteiger partial charge on any atom is -0.352 e. The summed E-state index contributed by atoms with van der Waals surface area (Å²) in [5, 5.41) is 5.33. The zero-order valence-electron chi connectivity index (χ0n) is 14.8.